The predicted octanol–water partition coefficient (Wildman–Crippen LogP) is 3.40. The molecule has 1 aliphatic rings. The molecule has 0 spiro atoms. The minimum Gasteiger partial charge on any atom is -0.454 e. The fourth-order valence-electron chi connectivity index (χ4n) is 5.17. The van der Waals surface area contributed by atoms with Crippen molar-refractivity contribution in [2.24, 2.45) is 11.8 Å². The van der Waals surface area contributed by atoms with E-state index in [2.05, 4.69) is 23.8 Å². The van der Waals surface area contributed by atoms with Gasteiger partial charge in [0.05, 0.1) is 24.0 Å². The third kappa shape index (κ3) is 13.4. The van der Waals surface area contributed by atoms with Crippen LogP contribution in [0.25, 0.3) is 0 Å². The highest BCUT2D eigenvalue weighted by molar-refractivity contribution is 5.89. The quantitative estimate of drug-likeness (QED) is 0.0705. The third-order valence-electron chi connectivity index (χ3n) is 7.90. The smallest absolute Gasteiger partial charge is 0.338 e. The number of esters is 3. The molecule has 1 aromatic carbocycles. The van der Waals surface area contributed by atoms with E-state index < -0.39 is 67.1 Å². The van der Waals surface area contributed by atoms with E-state index in [9.17, 15) is 29.1 Å². The number of ether oxygens (including phenoxy) is 5. The molecule has 1 aliphatic heterocycles. The number of amides is 2. The molecule has 0 aromatic heterocycles. The van der Waals surface area contributed by atoms with Crippen molar-refractivity contribution in [2.45, 2.75) is 95.9 Å². The molecular formula is C36H52N2O11. The number of carbonyl (C=O) groups excluding carboxylic acids is 5. The van der Waals surface area contributed by atoms with Crippen LogP contribution in [0.4, 0.5) is 0 Å². The van der Waals surface area contributed by atoms with Crippen molar-refractivity contribution in [1.82, 2.24) is 10.6 Å². The van der Waals surface area contributed by atoms with Crippen LogP contribution in [0.15, 0.2) is 55.6 Å². The van der Waals surface area contributed by atoms with Crippen LogP contribution in [0.5, 0.6) is 0 Å². The average molecular weight is 689 g/mol. The van der Waals surface area contributed by atoms with Crippen LogP contribution in [0.2, 0.25) is 0 Å². The Bertz CT molecular complexity index is 1220. The summed E-state index contributed by atoms with van der Waals surface area (Å²) in [4.78, 5) is 66.0. The summed E-state index contributed by atoms with van der Waals surface area (Å²) in [5.74, 6) is -5.19. The summed E-state index contributed by atoms with van der Waals surface area (Å²) in [6.45, 7) is 11.6. The largest absolute Gasteiger partial charge is 0.454 e. The predicted molar refractivity (Wildman–Crippen MR) is 180 cm³/mol. The summed E-state index contributed by atoms with van der Waals surface area (Å²) in [7, 11) is 1.26. The van der Waals surface area contributed by atoms with Gasteiger partial charge < -0.3 is 39.4 Å². The molecule has 0 aliphatic carbocycles. The molecule has 2 rings (SSSR count). The number of carbonyl (C=O) groups is 5. The van der Waals surface area contributed by atoms with E-state index in [1.807, 2.05) is 13.8 Å². The molecule has 1 aromatic rings. The topological polar surface area (TPSA) is 176 Å². The third-order valence-corrected chi connectivity index (χ3v) is 7.90. The molecule has 1 fully saturated rings. The van der Waals surface area contributed by atoms with Gasteiger partial charge in [-0.3, -0.25) is 19.2 Å². The van der Waals surface area contributed by atoms with Gasteiger partial charge in [-0.1, -0.05) is 57.0 Å². The maximum absolute atomic E-state index is 13.8. The standard InChI is InChI=1S/C36H52N2O11/c1-6-10-19-37-28(40)21-25(15-8-3)34(43)48-31-30(47-33(42)24-17-13-12-14-18-24)27(23-39)46-36(45-5)32(31)49-35(44)26(16-9-4)22-29(41)38-20-11-7-2/h8-9,12-14,17-18,25-27,30-32,36,39H,3-4,6-7,10-11,15-16,19-23H2,1-2,5H3,(H,37,40)(H,38,41)/t25-,26-,27+,30-,31-,32+,36-/m0/s1. The molecule has 1 saturated heterocycles. The molecule has 1 heterocycles. The van der Waals surface area contributed by atoms with Crippen LogP contribution in [-0.4, -0.2) is 92.3 Å². The Morgan fingerprint density at radius 3 is 1.78 bits per heavy atom. The number of aliphatic hydroxyl groups excluding tert-OH is 1. The van der Waals surface area contributed by atoms with E-state index in [0.29, 0.717) is 13.1 Å². The van der Waals surface area contributed by atoms with Crippen molar-refractivity contribution in [3.8, 4) is 0 Å². The Morgan fingerprint density at radius 1 is 0.816 bits per heavy atom. The van der Waals surface area contributed by atoms with E-state index in [1.165, 1.54) is 31.4 Å². The molecule has 0 unspecified atom stereocenters. The molecule has 7 atom stereocenters. The zero-order valence-electron chi connectivity index (χ0n) is 28.8. The van der Waals surface area contributed by atoms with E-state index in [-0.39, 0.29) is 43.1 Å². The Morgan fingerprint density at radius 2 is 1.33 bits per heavy atom. The van der Waals surface area contributed by atoms with E-state index in [4.69, 9.17) is 23.7 Å². The Kier molecular flexibility index (Phi) is 18.9. The summed E-state index contributed by atoms with van der Waals surface area (Å²) >= 11 is 0. The van der Waals surface area contributed by atoms with Crippen molar-refractivity contribution in [3.05, 3.63) is 61.2 Å². The molecule has 0 radical (unpaired) electrons. The molecule has 272 valence electrons. The molecule has 49 heavy (non-hydrogen) atoms. The molecular weight excluding hydrogens is 636 g/mol. The second kappa shape index (κ2) is 22.5. The number of hydrogen-bond donors (Lipinski definition) is 3. The number of aliphatic hydroxyl groups is 1. The summed E-state index contributed by atoms with van der Waals surface area (Å²) in [5.41, 5.74) is 0.167. The van der Waals surface area contributed by atoms with Crippen LogP contribution < -0.4 is 10.6 Å². The monoisotopic (exact) mass is 688 g/mol. The van der Waals surface area contributed by atoms with Gasteiger partial charge in [0.15, 0.2) is 24.6 Å². The van der Waals surface area contributed by atoms with Crippen molar-refractivity contribution in [3.63, 3.8) is 0 Å². The number of allylic oxidation sites excluding steroid dienone is 2. The summed E-state index contributed by atoms with van der Waals surface area (Å²) in [6.07, 6.45) is -1.24. The van der Waals surface area contributed by atoms with Gasteiger partial charge in [-0.05, 0) is 37.8 Å². The fraction of sp³-hybridized carbons (Fsp3) is 0.583. The first-order chi connectivity index (χ1) is 23.6. The lowest BCUT2D eigenvalue weighted by Gasteiger charge is -2.44. The number of unbranched alkanes of at least 4 members (excludes halogenated alkanes) is 2. The molecule has 2 amide bonds. The molecule has 0 saturated carbocycles. The lowest BCUT2D eigenvalue weighted by atomic mass is 9.96. The highest BCUT2D eigenvalue weighted by Gasteiger charge is 2.53. The molecule has 0 bridgehead atoms. The molecule has 3 N–H and O–H groups in total. The lowest BCUT2D eigenvalue weighted by Crippen LogP contribution is -2.63. The normalized spacial score (nSPS) is 21.3. The van der Waals surface area contributed by atoms with E-state index in [0.717, 1.165) is 25.7 Å². The fourth-order valence-corrected chi connectivity index (χ4v) is 5.17. The van der Waals surface area contributed by atoms with E-state index >= 15 is 0 Å². The Labute approximate surface area is 288 Å². The molecule has 13 heteroatoms. The highest BCUT2D eigenvalue weighted by Crippen LogP contribution is 2.32. The van der Waals surface area contributed by atoms with Crippen molar-refractivity contribution in [1.29, 1.82) is 0 Å². The van der Waals surface area contributed by atoms with Crippen LogP contribution in [0.1, 0.15) is 75.6 Å². The zero-order chi connectivity index (χ0) is 36.2. The van der Waals surface area contributed by atoms with Gasteiger partial charge in [0.1, 0.15) is 6.10 Å². The number of hydrogen-bond acceptors (Lipinski definition) is 11. The van der Waals surface area contributed by atoms with Gasteiger partial charge >= 0.3 is 17.9 Å². The van der Waals surface area contributed by atoms with Crippen molar-refractivity contribution in [2.75, 3.05) is 26.8 Å². The van der Waals surface area contributed by atoms with Crippen molar-refractivity contribution < 1.29 is 52.8 Å². The number of rotatable bonds is 22. The lowest BCUT2D eigenvalue weighted by molar-refractivity contribution is -0.301. The summed E-state index contributed by atoms with van der Waals surface area (Å²) in [6, 6.07) is 7.99. The maximum atomic E-state index is 13.8. The first-order valence-electron chi connectivity index (χ1n) is 16.8. The van der Waals surface area contributed by atoms with Crippen LogP contribution in [-0.2, 0) is 42.9 Å². The molecule has 13 nitrogen and oxygen atoms in total. The zero-order valence-corrected chi connectivity index (χ0v) is 28.8. The van der Waals surface area contributed by atoms with Gasteiger partial charge in [0.25, 0.3) is 0 Å². The van der Waals surface area contributed by atoms with Gasteiger partial charge in [0.2, 0.25) is 11.8 Å². The maximum Gasteiger partial charge on any atom is 0.338 e. The Hall–Kier alpha value is -4.07. The first kappa shape index (κ1) is 41.1. The Balaban J connectivity index is 2.48. The van der Waals surface area contributed by atoms with Gasteiger partial charge in [-0.15, -0.1) is 13.2 Å². The average Bonchev–Trinajstić information content (AvgIpc) is 3.09. The SMILES string of the molecule is C=CC[C@@H](CC(=O)NCCCC)C(=O)O[C@H]1[C@@H](OC(=O)c2ccccc2)[C@@H](CO)O[C@H](OC)[C@@H]1OC(=O)[C@@H](CC=C)CC(=O)NCCCC. The van der Waals surface area contributed by atoms with Crippen molar-refractivity contribution >= 4 is 29.7 Å². The summed E-state index contributed by atoms with van der Waals surface area (Å²) in [5, 5.41) is 15.8. The second-order valence-electron chi connectivity index (χ2n) is 11.8. The van der Waals surface area contributed by atoms with Crippen LogP contribution in [0.3, 0.4) is 0 Å². The van der Waals surface area contributed by atoms with Crippen LogP contribution in [0, 0.1) is 11.8 Å². The number of nitrogens with one attached hydrogen (secondary N) is 2. The first-order valence-corrected chi connectivity index (χ1v) is 16.8. The van der Waals surface area contributed by atoms with Gasteiger partial charge in [-0.25, -0.2) is 4.79 Å². The van der Waals surface area contributed by atoms with Crippen LogP contribution >= 0.6 is 0 Å². The second-order valence-corrected chi connectivity index (χ2v) is 11.8. The number of benzene rings is 1. The van der Waals surface area contributed by atoms with Gasteiger partial charge in [-0.2, -0.15) is 0 Å². The minimum absolute atomic E-state index is 0.0772. The van der Waals surface area contributed by atoms with E-state index in [1.54, 1.807) is 18.2 Å². The minimum atomic E-state index is -1.56. The highest BCUT2D eigenvalue weighted by atomic mass is 16.7. The summed E-state index contributed by atoms with van der Waals surface area (Å²) < 4.78 is 29.0. The number of methoxy groups -OCH3 is 1. The van der Waals surface area contributed by atoms with Gasteiger partial charge in [0, 0.05) is 33.0 Å².